The zero-order valence-corrected chi connectivity index (χ0v) is 20.3. The van der Waals surface area contributed by atoms with E-state index < -0.39 is 17.7 Å². The number of nitrogens with zero attached hydrogens (tertiary/aromatic N) is 1. The molecule has 1 aliphatic heterocycles. The van der Waals surface area contributed by atoms with Gasteiger partial charge < -0.3 is 19.0 Å². The summed E-state index contributed by atoms with van der Waals surface area (Å²) >= 11 is 0. The summed E-state index contributed by atoms with van der Waals surface area (Å²) < 4.78 is 17.0. The smallest absolute Gasteiger partial charge is 0.300 e. The van der Waals surface area contributed by atoms with Crippen LogP contribution >= 0.6 is 0 Å². The van der Waals surface area contributed by atoms with Crippen LogP contribution in [0.3, 0.4) is 0 Å². The molecule has 0 bridgehead atoms. The Balaban J connectivity index is 1.77. The average Bonchev–Trinajstić information content (AvgIpc) is 3.39. The number of hydrogen-bond acceptors (Lipinski definition) is 6. The number of Topliss-reactive ketones (excluding diaryl/α,β-unsaturated/α-hetero) is 1. The van der Waals surface area contributed by atoms with Gasteiger partial charge >= 0.3 is 0 Å². The van der Waals surface area contributed by atoms with Gasteiger partial charge in [0.1, 0.15) is 34.8 Å². The molecular weight excluding hydrogens is 446 g/mol. The third-order valence-corrected chi connectivity index (χ3v) is 5.61. The van der Waals surface area contributed by atoms with Gasteiger partial charge in [-0.05, 0) is 80.4 Å². The van der Waals surface area contributed by atoms with Crippen molar-refractivity contribution in [3.63, 3.8) is 0 Å². The van der Waals surface area contributed by atoms with E-state index in [1.54, 1.807) is 67.6 Å². The van der Waals surface area contributed by atoms with Gasteiger partial charge in [-0.25, -0.2) is 0 Å². The number of aliphatic hydroxyl groups is 1. The Morgan fingerprint density at radius 1 is 0.971 bits per heavy atom. The van der Waals surface area contributed by atoms with Crippen LogP contribution in [0.15, 0.2) is 70.7 Å². The normalized spacial score (nSPS) is 17.3. The molecule has 2 heterocycles. The van der Waals surface area contributed by atoms with Crippen molar-refractivity contribution >= 4 is 23.1 Å². The molecule has 1 fully saturated rings. The average molecular weight is 476 g/mol. The second kappa shape index (κ2) is 10.1. The first-order valence-corrected chi connectivity index (χ1v) is 11.6. The Morgan fingerprint density at radius 2 is 1.60 bits per heavy atom. The quantitative estimate of drug-likeness (QED) is 0.257. The molecule has 1 N–H and O–H groups in total. The molecule has 4 rings (SSSR count). The molecule has 1 aliphatic rings. The number of benzene rings is 2. The standard InChI is InChI=1S/C28H29NO6/c1-5-33-21-13-9-20(10-14-21)29-25(23-15-6-18(4)35-23)24(27(31)28(29)32)26(30)19-7-11-22(12-8-19)34-16-17(2)3/h6-15,17,25,30H,5,16H2,1-4H3/b26-24-. The van der Waals surface area contributed by atoms with Crippen LogP contribution in [0.2, 0.25) is 0 Å². The highest BCUT2D eigenvalue weighted by atomic mass is 16.5. The summed E-state index contributed by atoms with van der Waals surface area (Å²) in [6, 6.07) is 16.2. The van der Waals surface area contributed by atoms with Crippen LogP contribution in [0.25, 0.3) is 5.76 Å². The van der Waals surface area contributed by atoms with Crippen LogP contribution in [0.5, 0.6) is 11.5 Å². The minimum Gasteiger partial charge on any atom is -0.507 e. The summed E-state index contributed by atoms with van der Waals surface area (Å²) in [5, 5.41) is 11.2. The van der Waals surface area contributed by atoms with Crippen molar-refractivity contribution in [2.45, 2.75) is 33.7 Å². The molecule has 7 heteroatoms. The van der Waals surface area contributed by atoms with E-state index in [4.69, 9.17) is 13.9 Å². The zero-order chi connectivity index (χ0) is 25.1. The predicted molar refractivity (Wildman–Crippen MR) is 133 cm³/mol. The van der Waals surface area contributed by atoms with Crippen LogP contribution in [0.4, 0.5) is 5.69 Å². The van der Waals surface area contributed by atoms with Gasteiger partial charge in [-0.1, -0.05) is 13.8 Å². The Kier molecular flexibility index (Phi) is 6.96. The number of hydrogen-bond donors (Lipinski definition) is 1. The van der Waals surface area contributed by atoms with Crippen molar-refractivity contribution < 1.29 is 28.6 Å². The summed E-state index contributed by atoms with van der Waals surface area (Å²) in [5.74, 6) is 0.895. The monoisotopic (exact) mass is 475 g/mol. The Bertz CT molecular complexity index is 1240. The minimum absolute atomic E-state index is 0.0333. The van der Waals surface area contributed by atoms with Crippen LogP contribution in [-0.4, -0.2) is 30.0 Å². The highest BCUT2D eigenvalue weighted by Gasteiger charge is 2.48. The van der Waals surface area contributed by atoms with E-state index >= 15 is 0 Å². The number of carbonyl (C=O) groups excluding carboxylic acids is 2. The van der Waals surface area contributed by atoms with Crippen molar-refractivity contribution in [1.29, 1.82) is 0 Å². The molecule has 182 valence electrons. The van der Waals surface area contributed by atoms with Crippen molar-refractivity contribution in [3.8, 4) is 11.5 Å². The summed E-state index contributed by atoms with van der Waals surface area (Å²) in [6.07, 6.45) is 0. The fourth-order valence-electron chi connectivity index (χ4n) is 3.97. The van der Waals surface area contributed by atoms with Gasteiger partial charge in [0, 0.05) is 11.3 Å². The van der Waals surface area contributed by atoms with E-state index in [2.05, 4.69) is 13.8 Å². The van der Waals surface area contributed by atoms with Gasteiger partial charge in [-0.15, -0.1) is 0 Å². The van der Waals surface area contributed by atoms with E-state index in [-0.39, 0.29) is 11.3 Å². The number of aliphatic hydroxyl groups excluding tert-OH is 1. The van der Waals surface area contributed by atoms with E-state index in [1.807, 2.05) is 6.92 Å². The van der Waals surface area contributed by atoms with E-state index in [0.29, 0.717) is 53.4 Å². The molecule has 1 unspecified atom stereocenters. The maximum Gasteiger partial charge on any atom is 0.300 e. The van der Waals surface area contributed by atoms with E-state index in [9.17, 15) is 14.7 Å². The Labute approximate surface area is 204 Å². The highest BCUT2D eigenvalue weighted by molar-refractivity contribution is 6.51. The zero-order valence-electron chi connectivity index (χ0n) is 20.3. The van der Waals surface area contributed by atoms with Crippen LogP contribution in [0, 0.1) is 12.8 Å². The highest BCUT2D eigenvalue weighted by Crippen LogP contribution is 2.43. The number of ether oxygens (including phenoxy) is 2. The minimum atomic E-state index is -0.918. The molecule has 1 saturated heterocycles. The first-order chi connectivity index (χ1) is 16.8. The fraction of sp³-hybridized carbons (Fsp3) is 0.286. The van der Waals surface area contributed by atoms with E-state index in [0.717, 1.165) is 0 Å². The molecule has 7 nitrogen and oxygen atoms in total. The topological polar surface area (TPSA) is 89.2 Å². The molecule has 3 aromatic rings. The number of furan rings is 1. The lowest BCUT2D eigenvalue weighted by atomic mass is 9.99. The second-order valence-corrected chi connectivity index (χ2v) is 8.77. The molecular formula is C28H29NO6. The molecule has 0 saturated carbocycles. The van der Waals surface area contributed by atoms with Gasteiger partial charge in [-0.2, -0.15) is 0 Å². The largest absolute Gasteiger partial charge is 0.507 e. The molecule has 1 atom stereocenters. The predicted octanol–water partition coefficient (Wildman–Crippen LogP) is 5.65. The first-order valence-electron chi connectivity index (χ1n) is 11.6. The molecule has 1 amide bonds. The maximum absolute atomic E-state index is 13.2. The van der Waals surface area contributed by atoms with Crippen molar-refractivity contribution in [3.05, 3.63) is 83.3 Å². The van der Waals surface area contributed by atoms with Gasteiger partial charge in [0.05, 0.1) is 18.8 Å². The Hall–Kier alpha value is -4.00. The molecule has 0 spiro atoms. The van der Waals surface area contributed by atoms with E-state index in [1.165, 1.54) is 4.90 Å². The number of rotatable bonds is 8. The molecule has 2 aromatic carbocycles. The maximum atomic E-state index is 13.2. The number of ketones is 1. The second-order valence-electron chi connectivity index (χ2n) is 8.77. The lowest BCUT2D eigenvalue weighted by molar-refractivity contribution is -0.132. The van der Waals surface area contributed by atoms with Gasteiger partial charge in [0.2, 0.25) is 0 Å². The van der Waals surface area contributed by atoms with Crippen LogP contribution in [-0.2, 0) is 9.59 Å². The summed E-state index contributed by atoms with van der Waals surface area (Å²) in [4.78, 5) is 27.8. The summed E-state index contributed by atoms with van der Waals surface area (Å²) in [7, 11) is 0. The first kappa shape index (κ1) is 24.1. The van der Waals surface area contributed by atoms with Gasteiger partial charge in [0.15, 0.2) is 0 Å². The lowest BCUT2D eigenvalue weighted by Gasteiger charge is -2.23. The third-order valence-electron chi connectivity index (χ3n) is 5.61. The molecule has 35 heavy (non-hydrogen) atoms. The number of amides is 1. The lowest BCUT2D eigenvalue weighted by Crippen LogP contribution is -2.29. The number of carbonyl (C=O) groups is 2. The molecule has 1 aromatic heterocycles. The number of anilines is 1. The van der Waals surface area contributed by atoms with Gasteiger partial charge in [0.25, 0.3) is 11.7 Å². The third kappa shape index (κ3) is 4.94. The molecule has 0 aliphatic carbocycles. The van der Waals surface area contributed by atoms with Gasteiger partial charge in [-0.3, -0.25) is 14.5 Å². The SMILES string of the molecule is CCOc1ccc(N2C(=O)C(=O)/C(=C(\O)c3ccc(OCC(C)C)cc3)C2c2ccc(C)o2)cc1. The number of aryl methyl sites for hydroxylation is 1. The summed E-state index contributed by atoms with van der Waals surface area (Å²) in [5.41, 5.74) is 0.861. The van der Waals surface area contributed by atoms with Crippen molar-refractivity contribution in [2.75, 3.05) is 18.1 Å². The molecule has 0 radical (unpaired) electrons. The van der Waals surface area contributed by atoms with Crippen LogP contribution in [0.1, 0.15) is 43.9 Å². The van der Waals surface area contributed by atoms with Crippen molar-refractivity contribution in [2.24, 2.45) is 5.92 Å². The fourth-order valence-corrected chi connectivity index (χ4v) is 3.97. The summed E-state index contributed by atoms with van der Waals surface area (Å²) in [6.45, 7) is 8.85. The van der Waals surface area contributed by atoms with Crippen molar-refractivity contribution in [1.82, 2.24) is 0 Å². The Morgan fingerprint density at radius 3 is 2.17 bits per heavy atom. The van der Waals surface area contributed by atoms with Crippen LogP contribution < -0.4 is 14.4 Å².